The molecule has 1 aliphatic rings. The topological polar surface area (TPSA) is 226 Å². The van der Waals surface area contributed by atoms with Gasteiger partial charge in [-0.15, -0.1) is 0 Å². The molecule has 1 amide bonds. The molecular formula is C46H86NO12P. The highest BCUT2D eigenvalue weighted by atomic mass is 31.2. The van der Waals surface area contributed by atoms with Crippen molar-refractivity contribution < 1.29 is 59.0 Å². The predicted octanol–water partition coefficient (Wildman–Crippen LogP) is 7.75. The molecule has 1 aliphatic carbocycles. The van der Waals surface area contributed by atoms with Crippen molar-refractivity contribution in [3.63, 3.8) is 0 Å². The molecule has 0 saturated heterocycles. The summed E-state index contributed by atoms with van der Waals surface area (Å²) in [6.07, 6.45) is 26.6. The van der Waals surface area contributed by atoms with Gasteiger partial charge in [0.1, 0.15) is 36.6 Å². The van der Waals surface area contributed by atoms with Crippen molar-refractivity contribution in [3.8, 4) is 0 Å². The van der Waals surface area contributed by atoms with E-state index in [4.69, 9.17) is 9.05 Å². The Morgan fingerprint density at radius 1 is 0.583 bits per heavy atom. The predicted molar refractivity (Wildman–Crippen MR) is 238 cm³/mol. The number of aliphatic hydroxyl groups is 7. The third kappa shape index (κ3) is 27.6. The summed E-state index contributed by atoms with van der Waals surface area (Å²) in [6, 6.07) is -1.26. The maximum absolute atomic E-state index is 13.0. The van der Waals surface area contributed by atoms with Crippen LogP contribution in [0.15, 0.2) is 36.5 Å². The van der Waals surface area contributed by atoms with Gasteiger partial charge in [0.2, 0.25) is 5.91 Å². The number of carbonyl (C=O) groups is 1. The zero-order chi connectivity index (χ0) is 44.4. The van der Waals surface area contributed by atoms with Gasteiger partial charge in [-0.3, -0.25) is 13.8 Å². The molecule has 8 unspecified atom stereocenters. The molecule has 0 bridgehead atoms. The fourth-order valence-corrected chi connectivity index (χ4v) is 8.30. The molecular weight excluding hydrogens is 789 g/mol. The minimum atomic E-state index is -5.15. The summed E-state index contributed by atoms with van der Waals surface area (Å²) in [4.78, 5) is 23.4. The Balaban J connectivity index is 2.60. The zero-order valence-corrected chi connectivity index (χ0v) is 38.0. The molecule has 0 heterocycles. The Labute approximate surface area is 362 Å². The van der Waals surface area contributed by atoms with Crippen LogP contribution in [0.25, 0.3) is 0 Å². The Hall–Kier alpha value is -1.48. The molecule has 9 N–H and O–H groups in total. The first-order valence-corrected chi connectivity index (χ1v) is 25.0. The number of phosphoric acid groups is 1. The average molecular weight is 876 g/mol. The molecule has 8 atom stereocenters. The summed E-state index contributed by atoms with van der Waals surface area (Å²) in [5, 5.41) is 74.4. The standard InChI is InChI=1S/C46H86NO12P/c1-3-5-7-9-11-13-15-17-18-19-20-22-24-26-28-30-32-34-39(49)38(36-58-60(56,57)59-46-44(54)42(52)41(51)43(53)45(46)55)47-40(50)35-37(48)33-31-29-27-25-23-21-16-14-12-10-8-6-4-2/h18-19,24,26,32,34,37-39,41-46,48-49,51-55H,3-17,20-23,25,27-31,33,35-36H2,1-2H3,(H,47,50)(H,56,57)/b19-18+,26-24+,34-32+. The highest BCUT2D eigenvalue weighted by Gasteiger charge is 2.51. The molecule has 0 radical (unpaired) electrons. The number of carbonyl (C=O) groups excluding carboxylic acids is 1. The van der Waals surface area contributed by atoms with Gasteiger partial charge in [0.25, 0.3) is 0 Å². The minimum absolute atomic E-state index is 0.254. The van der Waals surface area contributed by atoms with Crippen molar-refractivity contribution in [2.45, 2.75) is 242 Å². The van der Waals surface area contributed by atoms with E-state index in [1.54, 1.807) is 6.08 Å². The second kappa shape index (κ2) is 35.9. The highest BCUT2D eigenvalue weighted by Crippen LogP contribution is 2.47. The molecule has 60 heavy (non-hydrogen) atoms. The van der Waals surface area contributed by atoms with E-state index >= 15 is 0 Å². The van der Waals surface area contributed by atoms with Gasteiger partial charge in [-0.25, -0.2) is 4.57 Å². The van der Waals surface area contributed by atoms with E-state index in [2.05, 4.69) is 43.5 Å². The highest BCUT2D eigenvalue weighted by molar-refractivity contribution is 7.47. The maximum Gasteiger partial charge on any atom is 0.472 e. The summed E-state index contributed by atoms with van der Waals surface area (Å²) in [6.45, 7) is 3.71. The molecule has 0 aliphatic heterocycles. The smallest absolute Gasteiger partial charge is 0.393 e. The van der Waals surface area contributed by atoms with E-state index in [9.17, 15) is 50.0 Å². The molecule has 1 fully saturated rings. The summed E-state index contributed by atoms with van der Waals surface area (Å²) < 4.78 is 22.8. The van der Waals surface area contributed by atoms with Crippen LogP contribution in [0.3, 0.4) is 0 Å². The number of rotatable bonds is 38. The van der Waals surface area contributed by atoms with Gasteiger partial charge in [-0.2, -0.15) is 0 Å². The molecule has 0 aromatic heterocycles. The second-order valence-electron chi connectivity index (χ2n) is 16.8. The van der Waals surface area contributed by atoms with Gasteiger partial charge in [0.05, 0.1) is 31.3 Å². The largest absolute Gasteiger partial charge is 0.472 e. The van der Waals surface area contributed by atoms with Crippen LogP contribution >= 0.6 is 7.82 Å². The summed E-state index contributed by atoms with van der Waals surface area (Å²) in [7, 11) is -5.15. The van der Waals surface area contributed by atoms with Crippen LogP contribution in [0.1, 0.15) is 187 Å². The van der Waals surface area contributed by atoms with E-state index in [1.807, 2.05) is 0 Å². The maximum atomic E-state index is 13.0. The van der Waals surface area contributed by atoms with E-state index in [0.29, 0.717) is 19.3 Å². The lowest BCUT2D eigenvalue weighted by molar-refractivity contribution is -0.220. The Kier molecular flexibility index (Phi) is 33.8. The van der Waals surface area contributed by atoms with Gasteiger partial charge >= 0.3 is 7.82 Å². The number of nitrogens with one attached hydrogen (secondary N) is 1. The molecule has 0 spiro atoms. The van der Waals surface area contributed by atoms with Crippen LogP contribution in [-0.2, 0) is 18.4 Å². The average Bonchev–Trinajstić information content (AvgIpc) is 3.22. The lowest BCUT2D eigenvalue weighted by Gasteiger charge is -2.41. The van der Waals surface area contributed by atoms with Crippen molar-refractivity contribution in [1.29, 1.82) is 0 Å². The van der Waals surface area contributed by atoms with Crippen LogP contribution in [-0.4, -0.2) is 108 Å². The lowest BCUT2D eigenvalue weighted by atomic mass is 9.85. The molecule has 13 nitrogen and oxygen atoms in total. The van der Waals surface area contributed by atoms with Gasteiger partial charge < -0.3 is 46.0 Å². The van der Waals surface area contributed by atoms with Gasteiger partial charge in [0, 0.05) is 0 Å². The molecule has 0 aromatic carbocycles. The lowest BCUT2D eigenvalue weighted by Crippen LogP contribution is -2.64. The second-order valence-corrected chi connectivity index (χ2v) is 18.2. The number of phosphoric ester groups is 1. The quantitative estimate of drug-likeness (QED) is 0.0165. The summed E-state index contributed by atoms with van der Waals surface area (Å²) in [5.74, 6) is -0.607. The molecule has 14 heteroatoms. The third-order valence-corrected chi connectivity index (χ3v) is 12.2. The molecule has 1 saturated carbocycles. The van der Waals surface area contributed by atoms with Crippen LogP contribution in [0.2, 0.25) is 0 Å². The summed E-state index contributed by atoms with van der Waals surface area (Å²) in [5.41, 5.74) is 0. The minimum Gasteiger partial charge on any atom is -0.393 e. The number of unbranched alkanes of at least 4 members (excludes halogenated alkanes) is 21. The number of hydrogen-bond donors (Lipinski definition) is 9. The van der Waals surface area contributed by atoms with E-state index in [-0.39, 0.29) is 6.42 Å². The molecule has 352 valence electrons. The SMILES string of the molecule is CCCCCCCCC/C=C/CC/C=C/CC/C=C/C(O)C(COP(=O)(O)OC1C(O)C(O)C(O)C(O)C1O)NC(=O)CC(O)CCCCCCCCCCCCCCC. The van der Waals surface area contributed by atoms with Crippen LogP contribution in [0, 0.1) is 0 Å². The summed E-state index contributed by atoms with van der Waals surface area (Å²) >= 11 is 0. The van der Waals surface area contributed by atoms with E-state index in [0.717, 1.165) is 44.9 Å². The van der Waals surface area contributed by atoms with Gasteiger partial charge in [-0.1, -0.05) is 172 Å². The number of aliphatic hydroxyl groups excluding tert-OH is 7. The first-order valence-electron chi connectivity index (χ1n) is 23.5. The van der Waals surface area contributed by atoms with Crippen LogP contribution in [0.5, 0.6) is 0 Å². The molecule has 0 aromatic rings. The van der Waals surface area contributed by atoms with Crippen LogP contribution < -0.4 is 5.32 Å². The van der Waals surface area contributed by atoms with E-state index in [1.165, 1.54) is 109 Å². The van der Waals surface area contributed by atoms with E-state index < -0.39 is 75.2 Å². The van der Waals surface area contributed by atoms with Gasteiger partial charge in [0.15, 0.2) is 0 Å². The molecule has 1 rings (SSSR count). The first-order chi connectivity index (χ1) is 28.8. The van der Waals surface area contributed by atoms with Crippen molar-refractivity contribution in [3.05, 3.63) is 36.5 Å². The fraction of sp³-hybridized carbons (Fsp3) is 0.848. The Morgan fingerprint density at radius 2 is 0.983 bits per heavy atom. The zero-order valence-electron chi connectivity index (χ0n) is 37.1. The number of allylic oxidation sites excluding steroid dienone is 5. The third-order valence-electron chi connectivity index (χ3n) is 11.2. The van der Waals surface area contributed by atoms with Gasteiger partial charge in [-0.05, 0) is 44.9 Å². The number of hydrogen-bond acceptors (Lipinski definition) is 11. The number of amides is 1. The van der Waals surface area contributed by atoms with Crippen molar-refractivity contribution in [2.24, 2.45) is 0 Å². The fourth-order valence-electron chi connectivity index (χ4n) is 7.33. The van der Waals surface area contributed by atoms with Crippen LogP contribution in [0.4, 0.5) is 0 Å². The van der Waals surface area contributed by atoms with Crippen molar-refractivity contribution in [1.82, 2.24) is 5.32 Å². The normalized spacial score (nSPS) is 23.7. The van der Waals surface area contributed by atoms with Crippen molar-refractivity contribution in [2.75, 3.05) is 6.61 Å². The van der Waals surface area contributed by atoms with Crippen molar-refractivity contribution >= 4 is 13.7 Å². The Morgan fingerprint density at radius 3 is 1.47 bits per heavy atom. The first kappa shape index (κ1) is 56.5. The monoisotopic (exact) mass is 876 g/mol. The Bertz CT molecular complexity index is 1170.